The Morgan fingerprint density at radius 3 is 2.53 bits per heavy atom. The number of amides is 2. The summed E-state index contributed by atoms with van der Waals surface area (Å²) in [5.41, 5.74) is 0. The predicted octanol–water partition coefficient (Wildman–Crippen LogP) is 0.740. The summed E-state index contributed by atoms with van der Waals surface area (Å²) in [5.74, 6) is 0.526. The van der Waals surface area contributed by atoms with Crippen LogP contribution < -0.4 is 5.32 Å². The van der Waals surface area contributed by atoms with E-state index < -0.39 is 0 Å². The number of carbonyl (C=O) groups is 1. The van der Waals surface area contributed by atoms with Gasteiger partial charge in [0.05, 0.1) is 0 Å². The van der Waals surface area contributed by atoms with Crippen LogP contribution in [-0.2, 0) is 0 Å². The molecule has 0 aromatic rings. The molecule has 1 N–H and O–H groups in total. The first kappa shape index (κ1) is 10.7. The molecule has 15 heavy (non-hydrogen) atoms. The number of nitrogens with one attached hydrogen (secondary N) is 1. The molecule has 86 valence electrons. The molecule has 0 aromatic heterocycles. The Labute approximate surface area is 91.6 Å². The number of piperidine rings is 1. The minimum Gasteiger partial charge on any atom is -0.338 e. The lowest BCUT2D eigenvalue weighted by Gasteiger charge is -2.55. The summed E-state index contributed by atoms with van der Waals surface area (Å²) in [6, 6.07) is 1.06. The summed E-state index contributed by atoms with van der Waals surface area (Å²) in [5, 5.41) is 3.00. The molecular weight excluding hydrogens is 190 g/mol. The van der Waals surface area contributed by atoms with Crippen molar-refractivity contribution in [3.8, 4) is 0 Å². The summed E-state index contributed by atoms with van der Waals surface area (Å²) in [4.78, 5) is 16.2. The van der Waals surface area contributed by atoms with Crippen LogP contribution in [0.4, 0.5) is 4.79 Å². The van der Waals surface area contributed by atoms with E-state index in [1.165, 1.54) is 6.42 Å². The van der Waals surface area contributed by atoms with Gasteiger partial charge in [0.25, 0.3) is 0 Å². The molecule has 3 aliphatic rings. The van der Waals surface area contributed by atoms with E-state index in [2.05, 4.69) is 31.1 Å². The van der Waals surface area contributed by atoms with Crippen LogP contribution in [0.5, 0.6) is 0 Å². The number of nitrogens with zero attached hydrogens (tertiary/aromatic N) is 2. The van der Waals surface area contributed by atoms with Crippen LogP contribution in [0.1, 0.15) is 20.3 Å². The van der Waals surface area contributed by atoms with Gasteiger partial charge in [-0.3, -0.25) is 0 Å². The van der Waals surface area contributed by atoms with Crippen LogP contribution in [0.2, 0.25) is 0 Å². The topological polar surface area (TPSA) is 35.6 Å². The molecule has 0 spiro atoms. The van der Waals surface area contributed by atoms with E-state index in [0.29, 0.717) is 18.0 Å². The van der Waals surface area contributed by atoms with Crippen LogP contribution in [0.25, 0.3) is 0 Å². The molecule has 3 rings (SSSR count). The van der Waals surface area contributed by atoms with Crippen molar-refractivity contribution >= 4 is 6.03 Å². The Morgan fingerprint density at radius 2 is 2.00 bits per heavy atom. The van der Waals surface area contributed by atoms with Crippen molar-refractivity contribution in [3.63, 3.8) is 0 Å². The van der Waals surface area contributed by atoms with Crippen molar-refractivity contribution in [3.05, 3.63) is 0 Å². The van der Waals surface area contributed by atoms with Gasteiger partial charge in [-0.25, -0.2) is 4.79 Å². The number of urea groups is 1. The monoisotopic (exact) mass is 211 g/mol. The second-order valence-electron chi connectivity index (χ2n) is 5.25. The molecule has 2 amide bonds. The van der Waals surface area contributed by atoms with E-state index >= 15 is 0 Å². The number of hydrogen-bond acceptors (Lipinski definition) is 2. The number of fused-ring (bicyclic) bond motifs is 2. The van der Waals surface area contributed by atoms with Gasteiger partial charge < -0.3 is 15.1 Å². The SMILES string of the molecule is CC(C)CNC(=O)N1C2CC1CN(C)C2. The molecule has 0 aromatic carbocycles. The quantitative estimate of drug-likeness (QED) is 0.731. The lowest BCUT2D eigenvalue weighted by molar-refractivity contribution is -0.0266. The maximum absolute atomic E-state index is 11.8. The highest BCUT2D eigenvalue weighted by Crippen LogP contribution is 2.31. The van der Waals surface area contributed by atoms with E-state index in [9.17, 15) is 4.79 Å². The van der Waals surface area contributed by atoms with Crippen molar-refractivity contribution < 1.29 is 4.79 Å². The number of rotatable bonds is 2. The standard InChI is InChI=1S/C11H21N3O/c1-8(2)5-12-11(15)14-9-4-10(14)7-13(3)6-9/h8-10H,4-7H2,1-3H3,(H,12,15). The second kappa shape index (κ2) is 4.00. The molecule has 3 saturated heterocycles. The van der Waals surface area contributed by atoms with Crippen molar-refractivity contribution in [1.29, 1.82) is 0 Å². The van der Waals surface area contributed by atoms with Crippen molar-refractivity contribution in [2.75, 3.05) is 26.7 Å². The number of piperazine rings is 1. The van der Waals surface area contributed by atoms with Gasteiger partial charge in [0.2, 0.25) is 0 Å². The average molecular weight is 211 g/mol. The number of likely N-dealkylation sites (N-methyl/N-ethyl adjacent to an activating group) is 1. The zero-order valence-electron chi connectivity index (χ0n) is 9.86. The Balaban J connectivity index is 1.83. The minimum absolute atomic E-state index is 0.137. The Bertz CT molecular complexity index is 242. The molecule has 3 aliphatic heterocycles. The molecule has 3 heterocycles. The molecule has 2 atom stereocenters. The van der Waals surface area contributed by atoms with Crippen LogP contribution in [-0.4, -0.2) is 54.6 Å². The van der Waals surface area contributed by atoms with Gasteiger partial charge >= 0.3 is 6.03 Å². The van der Waals surface area contributed by atoms with E-state index in [4.69, 9.17) is 0 Å². The molecule has 2 unspecified atom stereocenters. The van der Waals surface area contributed by atoms with E-state index in [1.54, 1.807) is 0 Å². The van der Waals surface area contributed by atoms with Crippen LogP contribution in [0.3, 0.4) is 0 Å². The fourth-order valence-corrected chi connectivity index (χ4v) is 2.53. The molecule has 0 saturated carbocycles. The molecule has 4 heteroatoms. The Hall–Kier alpha value is -0.770. The van der Waals surface area contributed by atoms with Crippen molar-refractivity contribution in [1.82, 2.24) is 15.1 Å². The highest BCUT2D eigenvalue weighted by Gasteiger charge is 2.46. The normalized spacial score (nSPS) is 30.3. The predicted molar refractivity (Wildman–Crippen MR) is 59.8 cm³/mol. The molecule has 3 fully saturated rings. The third kappa shape index (κ3) is 2.09. The summed E-state index contributed by atoms with van der Waals surface area (Å²) in [6.07, 6.45) is 1.19. The zero-order chi connectivity index (χ0) is 11.0. The third-order valence-corrected chi connectivity index (χ3v) is 3.27. The van der Waals surface area contributed by atoms with E-state index in [1.807, 2.05) is 4.90 Å². The number of carbonyl (C=O) groups excluding carboxylic acids is 1. The molecular formula is C11H21N3O. The smallest absolute Gasteiger partial charge is 0.318 e. The molecule has 0 radical (unpaired) electrons. The van der Waals surface area contributed by atoms with Gasteiger partial charge in [-0.1, -0.05) is 13.8 Å². The molecule has 2 bridgehead atoms. The summed E-state index contributed by atoms with van der Waals surface area (Å²) < 4.78 is 0. The van der Waals surface area contributed by atoms with Gasteiger partial charge in [-0.2, -0.15) is 0 Å². The Kier molecular flexibility index (Phi) is 2.87. The zero-order valence-corrected chi connectivity index (χ0v) is 9.86. The van der Waals surface area contributed by atoms with Crippen LogP contribution in [0.15, 0.2) is 0 Å². The highest BCUT2D eigenvalue weighted by atomic mass is 16.2. The summed E-state index contributed by atoms with van der Waals surface area (Å²) >= 11 is 0. The molecule has 4 nitrogen and oxygen atoms in total. The largest absolute Gasteiger partial charge is 0.338 e. The van der Waals surface area contributed by atoms with Crippen molar-refractivity contribution in [2.45, 2.75) is 32.4 Å². The fraction of sp³-hybridized carbons (Fsp3) is 0.909. The average Bonchev–Trinajstić information content (AvgIpc) is 2.14. The van der Waals surface area contributed by atoms with Gasteiger partial charge in [0.15, 0.2) is 0 Å². The maximum atomic E-state index is 11.8. The van der Waals surface area contributed by atoms with Crippen molar-refractivity contribution in [2.24, 2.45) is 5.92 Å². The summed E-state index contributed by atoms with van der Waals surface area (Å²) in [6.45, 7) is 7.08. The van der Waals surface area contributed by atoms with E-state index in [0.717, 1.165) is 19.6 Å². The van der Waals surface area contributed by atoms with Crippen LogP contribution in [0, 0.1) is 5.92 Å². The summed E-state index contributed by atoms with van der Waals surface area (Å²) in [7, 11) is 2.13. The second-order valence-corrected chi connectivity index (χ2v) is 5.25. The molecule has 0 aliphatic carbocycles. The lowest BCUT2D eigenvalue weighted by Crippen LogP contribution is -2.71. The van der Waals surface area contributed by atoms with Gasteiger partial charge in [0, 0.05) is 31.7 Å². The fourth-order valence-electron chi connectivity index (χ4n) is 2.53. The van der Waals surface area contributed by atoms with Crippen LogP contribution >= 0.6 is 0 Å². The third-order valence-electron chi connectivity index (χ3n) is 3.27. The Morgan fingerprint density at radius 1 is 1.40 bits per heavy atom. The number of hydrogen-bond donors (Lipinski definition) is 1. The first-order valence-electron chi connectivity index (χ1n) is 5.82. The maximum Gasteiger partial charge on any atom is 0.318 e. The van der Waals surface area contributed by atoms with Gasteiger partial charge in [-0.15, -0.1) is 0 Å². The highest BCUT2D eigenvalue weighted by molar-refractivity contribution is 5.76. The van der Waals surface area contributed by atoms with E-state index in [-0.39, 0.29) is 6.03 Å². The lowest BCUT2D eigenvalue weighted by atomic mass is 9.88. The minimum atomic E-state index is 0.137. The van der Waals surface area contributed by atoms with Gasteiger partial charge in [-0.05, 0) is 19.4 Å². The first-order valence-corrected chi connectivity index (χ1v) is 5.82. The van der Waals surface area contributed by atoms with Gasteiger partial charge in [0.1, 0.15) is 0 Å². The first-order chi connectivity index (χ1) is 7.08.